The molecule has 0 saturated carbocycles. The second-order valence-electron chi connectivity index (χ2n) is 4.03. The van der Waals surface area contributed by atoms with Gasteiger partial charge in [-0.3, -0.25) is 14.9 Å². The second kappa shape index (κ2) is 5.41. The molecular weight excluding hydrogens is 333 g/mol. The summed E-state index contributed by atoms with van der Waals surface area (Å²) in [7, 11) is 1.67. The predicted molar refractivity (Wildman–Crippen MR) is 74.1 cm³/mol. The third-order valence-corrected chi connectivity index (χ3v) is 3.05. The zero-order chi connectivity index (χ0) is 14.9. The Hall–Kier alpha value is -2.22. The van der Waals surface area contributed by atoms with Crippen molar-refractivity contribution >= 4 is 33.2 Å². The highest BCUT2D eigenvalue weighted by Gasteiger charge is 2.15. The lowest BCUT2D eigenvalue weighted by molar-refractivity contribution is -0.385. The summed E-state index contributed by atoms with van der Waals surface area (Å²) in [5.74, 6) is -1.37. The van der Waals surface area contributed by atoms with Crippen LogP contribution < -0.4 is 5.32 Å². The van der Waals surface area contributed by atoms with Gasteiger partial charge in [0.05, 0.1) is 16.7 Å². The van der Waals surface area contributed by atoms with Crippen LogP contribution in [0.2, 0.25) is 0 Å². The largest absolute Gasteiger partial charge is 0.345 e. The van der Waals surface area contributed by atoms with E-state index < -0.39 is 16.6 Å². The zero-order valence-electron chi connectivity index (χ0n) is 10.3. The van der Waals surface area contributed by atoms with Gasteiger partial charge < -0.3 is 9.88 Å². The number of nitrogens with zero attached hydrogens (tertiary/aromatic N) is 2. The molecule has 0 aliphatic carbocycles. The van der Waals surface area contributed by atoms with Crippen LogP contribution in [-0.2, 0) is 7.05 Å². The molecule has 0 fully saturated rings. The Kier molecular flexibility index (Phi) is 3.84. The van der Waals surface area contributed by atoms with Crippen LogP contribution in [0.15, 0.2) is 34.9 Å². The van der Waals surface area contributed by atoms with Gasteiger partial charge in [-0.25, -0.2) is 4.39 Å². The van der Waals surface area contributed by atoms with Crippen LogP contribution in [-0.4, -0.2) is 15.4 Å². The van der Waals surface area contributed by atoms with Crippen LogP contribution in [0.5, 0.6) is 0 Å². The number of carbonyl (C=O) groups is 1. The van der Waals surface area contributed by atoms with Crippen molar-refractivity contribution in [3.63, 3.8) is 0 Å². The van der Waals surface area contributed by atoms with Crippen molar-refractivity contribution < 1.29 is 14.1 Å². The summed E-state index contributed by atoms with van der Waals surface area (Å²) < 4.78 is 15.9. The number of non-ortho nitro benzene ring substituents is 1. The number of anilines is 1. The van der Waals surface area contributed by atoms with Gasteiger partial charge in [0, 0.05) is 23.8 Å². The van der Waals surface area contributed by atoms with Crippen molar-refractivity contribution in [1.82, 2.24) is 4.57 Å². The van der Waals surface area contributed by atoms with Crippen molar-refractivity contribution in [2.75, 3.05) is 5.32 Å². The molecule has 1 N–H and O–H groups in total. The molecule has 1 aromatic heterocycles. The third kappa shape index (κ3) is 2.85. The maximum atomic E-state index is 13.7. The molecule has 0 unspecified atom stereocenters. The van der Waals surface area contributed by atoms with Crippen molar-refractivity contribution in [2.45, 2.75) is 0 Å². The Balaban J connectivity index is 2.24. The number of aryl methyl sites for hydroxylation is 1. The number of amides is 1. The fraction of sp³-hybridized carbons (Fsp3) is 0.0833. The van der Waals surface area contributed by atoms with Crippen LogP contribution in [0, 0.1) is 15.9 Å². The molecule has 0 saturated heterocycles. The summed E-state index contributed by atoms with van der Waals surface area (Å²) in [6, 6.07) is 4.62. The maximum Gasteiger partial charge on any atom is 0.272 e. The van der Waals surface area contributed by atoms with Crippen molar-refractivity contribution in [3.8, 4) is 0 Å². The topological polar surface area (TPSA) is 77.2 Å². The van der Waals surface area contributed by atoms with E-state index in [-0.39, 0.29) is 11.4 Å². The Morgan fingerprint density at radius 1 is 1.45 bits per heavy atom. The summed E-state index contributed by atoms with van der Waals surface area (Å²) in [5, 5.41) is 12.9. The van der Waals surface area contributed by atoms with E-state index in [4.69, 9.17) is 0 Å². The highest BCUT2D eigenvalue weighted by molar-refractivity contribution is 9.10. The molecule has 2 rings (SSSR count). The first-order chi connectivity index (χ1) is 9.38. The molecule has 0 aliphatic rings. The van der Waals surface area contributed by atoms with Gasteiger partial charge >= 0.3 is 0 Å². The molecule has 6 nitrogen and oxygen atoms in total. The number of benzene rings is 1. The molecule has 0 aliphatic heterocycles. The lowest BCUT2D eigenvalue weighted by Gasteiger charge is -2.06. The zero-order valence-corrected chi connectivity index (χ0v) is 11.8. The number of carbonyl (C=O) groups excluding carboxylic acids is 1. The van der Waals surface area contributed by atoms with Gasteiger partial charge in [0.15, 0.2) is 5.82 Å². The molecule has 1 aromatic carbocycles. The number of hydrogen-bond acceptors (Lipinski definition) is 3. The first-order valence-corrected chi connectivity index (χ1v) is 6.25. The fourth-order valence-corrected chi connectivity index (χ4v) is 2.18. The number of aromatic nitrogens is 1. The number of nitro benzene ring substituents is 1. The smallest absolute Gasteiger partial charge is 0.272 e. The van der Waals surface area contributed by atoms with Gasteiger partial charge in [0.1, 0.15) is 5.69 Å². The van der Waals surface area contributed by atoms with E-state index in [1.165, 1.54) is 0 Å². The van der Waals surface area contributed by atoms with Crippen LogP contribution in [0.25, 0.3) is 0 Å². The van der Waals surface area contributed by atoms with Crippen molar-refractivity contribution in [3.05, 3.63) is 56.6 Å². The summed E-state index contributed by atoms with van der Waals surface area (Å²) in [6.45, 7) is 0. The highest BCUT2D eigenvalue weighted by Crippen LogP contribution is 2.22. The molecule has 1 amide bonds. The average molecular weight is 342 g/mol. The molecule has 20 heavy (non-hydrogen) atoms. The number of hydrogen-bond donors (Lipinski definition) is 1. The lowest BCUT2D eigenvalue weighted by Crippen LogP contribution is -2.16. The second-order valence-corrected chi connectivity index (χ2v) is 4.95. The Bertz CT molecular complexity index is 699. The highest BCUT2D eigenvalue weighted by atomic mass is 79.9. The molecular formula is C12H9BrFN3O3. The van der Waals surface area contributed by atoms with Gasteiger partial charge in [-0.1, -0.05) is 0 Å². The monoisotopic (exact) mass is 341 g/mol. The summed E-state index contributed by atoms with van der Waals surface area (Å²) in [5.41, 5.74) is -0.158. The molecule has 0 spiro atoms. The minimum atomic E-state index is -0.860. The summed E-state index contributed by atoms with van der Waals surface area (Å²) in [4.78, 5) is 21.8. The van der Waals surface area contributed by atoms with E-state index in [2.05, 4.69) is 21.2 Å². The molecule has 8 heteroatoms. The minimum absolute atomic E-state index is 0.113. The van der Waals surface area contributed by atoms with E-state index >= 15 is 0 Å². The number of halogens is 2. The number of nitro groups is 1. The van der Waals surface area contributed by atoms with E-state index in [1.54, 1.807) is 23.9 Å². The van der Waals surface area contributed by atoms with E-state index in [1.807, 2.05) is 0 Å². The Morgan fingerprint density at radius 3 is 2.65 bits per heavy atom. The SMILES string of the molecule is Cn1cc(Br)cc1C(=O)Nc1ccc([N+](=O)[O-])cc1F. The average Bonchev–Trinajstić information content (AvgIpc) is 2.70. The van der Waals surface area contributed by atoms with Crippen LogP contribution in [0.3, 0.4) is 0 Å². The summed E-state index contributed by atoms with van der Waals surface area (Å²) >= 11 is 3.23. The molecule has 0 atom stereocenters. The summed E-state index contributed by atoms with van der Waals surface area (Å²) in [6.07, 6.45) is 1.68. The van der Waals surface area contributed by atoms with Gasteiger partial charge in [-0.2, -0.15) is 0 Å². The van der Waals surface area contributed by atoms with Gasteiger partial charge in [-0.05, 0) is 28.1 Å². The quantitative estimate of drug-likeness (QED) is 0.688. The molecule has 1 heterocycles. The minimum Gasteiger partial charge on any atom is -0.345 e. The van der Waals surface area contributed by atoms with Crippen molar-refractivity contribution in [2.24, 2.45) is 7.05 Å². The maximum absolute atomic E-state index is 13.7. The molecule has 104 valence electrons. The van der Waals surface area contributed by atoms with E-state index in [0.29, 0.717) is 10.2 Å². The first kappa shape index (κ1) is 14.2. The van der Waals surface area contributed by atoms with Crippen LogP contribution >= 0.6 is 15.9 Å². The molecule has 2 aromatic rings. The van der Waals surface area contributed by atoms with Crippen molar-refractivity contribution in [1.29, 1.82) is 0 Å². The van der Waals surface area contributed by atoms with E-state index in [0.717, 1.165) is 18.2 Å². The lowest BCUT2D eigenvalue weighted by atomic mass is 10.2. The molecule has 0 radical (unpaired) electrons. The van der Waals surface area contributed by atoms with E-state index in [9.17, 15) is 19.3 Å². The van der Waals surface area contributed by atoms with Crippen LogP contribution in [0.4, 0.5) is 15.8 Å². The molecule has 0 bridgehead atoms. The predicted octanol–water partition coefficient (Wildman–Crippen LogP) is 3.09. The van der Waals surface area contributed by atoms with Gasteiger partial charge in [0.2, 0.25) is 0 Å². The standard InChI is InChI=1S/C12H9BrFN3O3/c1-16-6-7(13)4-11(16)12(18)15-10-3-2-8(17(19)20)5-9(10)14/h2-6H,1H3,(H,15,18). The number of nitrogens with one attached hydrogen (secondary N) is 1. The number of rotatable bonds is 3. The normalized spacial score (nSPS) is 10.3. The Labute approximate surface area is 121 Å². The fourth-order valence-electron chi connectivity index (χ4n) is 1.66. The van der Waals surface area contributed by atoms with Gasteiger partial charge in [-0.15, -0.1) is 0 Å². The Morgan fingerprint density at radius 2 is 2.15 bits per heavy atom. The van der Waals surface area contributed by atoms with Crippen LogP contribution in [0.1, 0.15) is 10.5 Å². The first-order valence-electron chi connectivity index (χ1n) is 5.45. The van der Waals surface area contributed by atoms with Gasteiger partial charge in [0.25, 0.3) is 11.6 Å². The third-order valence-electron chi connectivity index (χ3n) is 2.62.